The predicted octanol–water partition coefficient (Wildman–Crippen LogP) is 4.44. The molecule has 34 heavy (non-hydrogen) atoms. The Morgan fingerprint density at radius 1 is 0.529 bits per heavy atom. The zero-order valence-electron chi connectivity index (χ0n) is 19.5. The molecule has 0 unspecified atom stereocenters. The van der Waals surface area contributed by atoms with Crippen molar-refractivity contribution >= 4 is 11.9 Å². The zero-order valence-corrected chi connectivity index (χ0v) is 19.5. The van der Waals surface area contributed by atoms with Crippen LogP contribution in [0.5, 0.6) is 23.0 Å². The van der Waals surface area contributed by atoms with E-state index in [1.54, 1.807) is 60.7 Å². The molecular formula is C26H26O8. The summed E-state index contributed by atoms with van der Waals surface area (Å²) in [7, 11) is 5.89. The SMILES string of the molecule is COc1cccc(OC)c1C(=O)OCc1ccc(COC(=O)c2c(OC)cccc2OC)cc1. The Morgan fingerprint density at radius 3 is 1.09 bits per heavy atom. The van der Waals surface area contributed by atoms with Crippen LogP contribution in [0.15, 0.2) is 60.7 Å². The fraction of sp³-hybridized carbons (Fsp3) is 0.231. The predicted molar refractivity (Wildman–Crippen MR) is 124 cm³/mol. The zero-order chi connectivity index (χ0) is 24.5. The molecule has 0 heterocycles. The van der Waals surface area contributed by atoms with E-state index in [0.29, 0.717) is 23.0 Å². The van der Waals surface area contributed by atoms with Crippen molar-refractivity contribution in [2.45, 2.75) is 13.2 Å². The molecule has 0 aliphatic heterocycles. The van der Waals surface area contributed by atoms with Gasteiger partial charge in [-0.2, -0.15) is 0 Å². The number of rotatable bonds is 10. The minimum absolute atomic E-state index is 0.0541. The molecule has 0 N–H and O–H groups in total. The van der Waals surface area contributed by atoms with Crippen molar-refractivity contribution in [1.82, 2.24) is 0 Å². The second-order valence-corrected chi connectivity index (χ2v) is 7.04. The third kappa shape index (κ3) is 5.58. The van der Waals surface area contributed by atoms with E-state index in [0.717, 1.165) is 11.1 Å². The molecule has 3 rings (SSSR count). The van der Waals surface area contributed by atoms with E-state index in [1.807, 2.05) is 0 Å². The summed E-state index contributed by atoms with van der Waals surface area (Å²) in [5.74, 6) is 0.360. The smallest absolute Gasteiger partial charge is 0.346 e. The van der Waals surface area contributed by atoms with E-state index >= 15 is 0 Å². The van der Waals surface area contributed by atoms with Crippen LogP contribution < -0.4 is 18.9 Å². The third-order valence-corrected chi connectivity index (χ3v) is 5.03. The van der Waals surface area contributed by atoms with Gasteiger partial charge in [0.25, 0.3) is 0 Å². The summed E-state index contributed by atoms with van der Waals surface area (Å²) in [5.41, 5.74) is 1.98. The Bertz CT molecular complexity index is 1000. The van der Waals surface area contributed by atoms with E-state index in [9.17, 15) is 9.59 Å². The molecule has 8 heteroatoms. The number of esters is 2. The highest BCUT2D eigenvalue weighted by atomic mass is 16.5. The first-order valence-electron chi connectivity index (χ1n) is 10.4. The number of hydrogen-bond donors (Lipinski definition) is 0. The summed E-state index contributed by atoms with van der Waals surface area (Å²) in [5, 5.41) is 0. The molecule has 0 fully saturated rings. The maximum atomic E-state index is 12.6. The van der Waals surface area contributed by atoms with E-state index < -0.39 is 11.9 Å². The summed E-state index contributed by atoms with van der Waals surface area (Å²) in [6.45, 7) is 0.108. The number of benzene rings is 3. The highest BCUT2D eigenvalue weighted by Gasteiger charge is 2.21. The summed E-state index contributed by atoms with van der Waals surface area (Å²) in [6.07, 6.45) is 0. The van der Waals surface area contributed by atoms with Gasteiger partial charge in [-0.05, 0) is 35.4 Å². The highest BCUT2D eigenvalue weighted by Crippen LogP contribution is 2.30. The van der Waals surface area contributed by atoms with Gasteiger partial charge in [-0.3, -0.25) is 0 Å². The van der Waals surface area contributed by atoms with Crippen molar-refractivity contribution in [3.8, 4) is 23.0 Å². The van der Waals surface area contributed by atoms with E-state index in [4.69, 9.17) is 28.4 Å². The third-order valence-electron chi connectivity index (χ3n) is 5.03. The Labute approximate surface area is 197 Å². The van der Waals surface area contributed by atoms with Gasteiger partial charge < -0.3 is 28.4 Å². The molecule has 0 aliphatic carbocycles. The second-order valence-electron chi connectivity index (χ2n) is 7.04. The largest absolute Gasteiger partial charge is 0.496 e. The Hall–Kier alpha value is -4.20. The van der Waals surface area contributed by atoms with Crippen LogP contribution >= 0.6 is 0 Å². The lowest BCUT2D eigenvalue weighted by Crippen LogP contribution is -2.10. The molecule has 8 nitrogen and oxygen atoms in total. The molecular weight excluding hydrogens is 440 g/mol. The normalized spacial score (nSPS) is 10.2. The van der Waals surface area contributed by atoms with Gasteiger partial charge in [0.05, 0.1) is 28.4 Å². The lowest BCUT2D eigenvalue weighted by Gasteiger charge is -2.13. The van der Waals surface area contributed by atoms with Crippen LogP contribution in [0.3, 0.4) is 0 Å². The first-order chi connectivity index (χ1) is 16.5. The van der Waals surface area contributed by atoms with Crippen molar-refractivity contribution in [2.75, 3.05) is 28.4 Å². The van der Waals surface area contributed by atoms with Gasteiger partial charge in [-0.25, -0.2) is 9.59 Å². The van der Waals surface area contributed by atoms with E-state index in [1.165, 1.54) is 28.4 Å². The van der Waals surface area contributed by atoms with Gasteiger partial charge in [0.15, 0.2) is 0 Å². The van der Waals surface area contributed by atoms with Crippen molar-refractivity contribution in [1.29, 1.82) is 0 Å². The van der Waals surface area contributed by atoms with E-state index in [2.05, 4.69) is 0 Å². The monoisotopic (exact) mass is 466 g/mol. The molecule has 0 saturated heterocycles. The molecule has 0 atom stereocenters. The molecule has 3 aromatic carbocycles. The molecule has 178 valence electrons. The average Bonchev–Trinajstić information content (AvgIpc) is 2.89. The molecule has 0 aromatic heterocycles. The molecule has 3 aromatic rings. The Balaban J connectivity index is 1.61. The summed E-state index contributed by atoms with van der Waals surface area (Å²) < 4.78 is 31.9. The van der Waals surface area contributed by atoms with Crippen molar-refractivity contribution in [3.63, 3.8) is 0 Å². The lowest BCUT2D eigenvalue weighted by atomic mass is 10.1. The van der Waals surface area contributed by atoms with Crippen LogP contribution in [0.25, 0.3) is 0 Å². The number of methoxy groups -OCH3 is 4. The van der Waals surface area contributed by atoms with Gasteiger partial charge in [-0.1, -0.05) is 36.4 Å². The first kappa shape index (κ1) is 24.4. The van der Waals surface area contributed by atoms with Gasteiger partial charge in [0.2, 0.25) is 0 Å². The second kappa shape index (κ2) is 11.6. The maximum absolute atomic E-state index is 12.6. The van der Waals surface area contributed by atoms with Gasteiger partial charge in [0.1, 0.15) is 47.3 Å². The highest BCUT2D eigenvalue weighted by molar-refractivity contribution is 5.96. The van der Waals surface area contributed by atoms with Crippen molar-refractivity contribution in [3.05, 3.63) is 82.9 Å². The Morgan fingerprint density at radius 2 is 0.824 bits per heavy atom. The fourth-order valence-electron chi connectivity index (χ4n) is 3.28. The van der Waals surface area contributed by atoms with Crippen LogP contribution in [0.1, 0.15) is 31.8 Å². The Kier molecular flexibility index (Phi) is 8.34. The summed E-state index contributed by atoms with van der Waals surface area (Å²) in [4.78, 5) is 25.2. The first-order valence-corrected chi connectivity index (χ1v) is 10.4. The number of carbonyl (C=O) groups excluding carboxylic acids is 2. The summed E-state index contributed by atoms with van der Waals surface area (Å²) >= 11 is 0. The lowest BCUT2D eigenvalue weighted by molar-refractivity contribution is 0.0452. The van der Waals surface area contributed by atoms with Gasteiger partial charge in [-0.15, -0.1) is 0 Å². The standard InChI is InChI=1S/C26H26O8/c1-29-19-7-5-8-20(30-2)23(19)25(27)33-15-17-11-13-18(14-12-17)16-34-26(28)24-21(31-3)9-6-10-22(24)32-4/h5-14H,15-16H2,1-4H3. The molecule has 0 radical (unpaired) electrons. The van der Waals surface area contributed by atoms with Crippen molar-refractivity contribution < 1.29 is 38.0 Å². The van der Waals surface area contributed by atoms with Gasteiger partial charge in [0, 0.05) is 0 Å². The van der Waals surface area contributed by atoms with Crippen LogP contribution in [-0.4, -0.2) is 40.4 Å². The number of carbonyl (C=O) groups is 2. The number of ether oxygens (including phenoxy) is 6. The van der Waals surface area contributed by atoms with Crippen molar-refractivity contribution in [2.24, 2.45) is 0 Å². The molecule has 0 saturated carbocycles. The number of hydrogen-bond acceptors (Lipinski definition) is 8. The minimum atomic E-state index is -0.557. The van der Waals surface area contributed by atoms with E-state index in [-0.39, 0.29) is 24.3 Å². The van der Waals surface area contributed by atoms with Gasteiger partial charge >= 0.3 is 11.9 Å². The molecule has 0 spiro atoms. The molecule has 0 aliphatic rings. The average molecular weight is 466 g/mol. The van der Waals surface area contributed by atoms with Crippen LogP contribution in [0.2, 0.25) is 0 Å². The van der Waals surface area contributed by atoms with Crippen LogP contribution in [0, 0.1) is 0 Å². The molecule has 0 bridgehead atoms. The topological polar surface area (TPSA) is 89.5 Å². The quantitative estimate of drug-likeness (QED) is 0.405. The molecule has 0 amide bonds. The maximum Gasteiger partial charge on any atom is 0.346 e. The summed E-state index contributed by atoms with van der Waals surface area (Å²) in [6, 6.07) is 17.3. The van der Waals surface area contributed by atoms with Crippen LogP contribution in [-0.2, 0) is 22.7 Å². The fourth-order valence-corrected chi connectivity index (χ4v) is 3.28. The minimum Gasteiger partial charge on any atom is -0.496 e. The van der Waals surface area contributed by atoms with Crippen LogP contribution in [0.4, 0.5) is 0 Å².